The first kappa shape index (κ1) is 12.0. The summed E-state index contributed by atoms with van der Waals surface area (Å²) in [5.74, 6) is -3.00. The molecule has 0 amide bonds. The minimum atomic E-state index is -0.932. The summed E-state index contributed by atoms with van der Waals surface area (Å²) in [6.45, 7) is 0. The SMILES string of the molecule is N#Cc1ccc(Oc2ccc(F)cc2F)c(F)c1. The lowest BCUT2D eigenvalue weighted by Gasteiger charge is -2.07. The quantitative estimate of drug-likeness (QED) is 0.811. The molecule has 2 rings (SSSR count). The molecule has 18 heavy (non-hydrogen) atoms. The normalized spacial score (nSPS) is 9.89. The predicted octanol–water partition coefficient (Wildman–Crippen LogP) is 3.77. The standard InChI is InChI=1S/C13H6F3NO/c14-9-2-4-13(11(16)6-9)18-12-3-1-8(7-17)5-10(12)15/h1-6H. The van der Waals surface area contributed by atoms with Gasteiger partial charge in [-0.05, 0) is 30.3 Å². The Morgan fingerprint density at radius 2 is 1.50 bits per heavy atom. The van der Waals surface area contributed by atoms with E-state index in [2.05, 4.69) is 0 Å². The predicted molar refractivity (Wildman–Crippen MR) is 57.5 cm³/mol. The third-order valence-corrected chi connectivity index (χ3v) is 2.17. The van der Waals surface area contributed by atoms with Crippen molar-refractivity contribution in [2.75, 3.05) is 0 Å². The minimum Gasteiger partial charge on any atom is -0.451 e. The number of hydrogen-bond acceptors (Lipinski definition) is 2. The Labute approximate surface area is 101 Å². The van der Waals surface area contributed by atoms with Gasteiger partial charge in [0.1, 0.15) is 5.82 Å². The molecule has 0 aliphatic carbocycles. The largest absolute Gasteiger partial charge is 0.451 e. The number of benzene rings is 2. The van der Waals surface area contributed by atoms with Gasteiger partial charge < -0.3 is 4.74 Å². The fourth-order valence-electron chi connectivity index (χ4n) is 1.33. The number of hydrogen-bond donors (Lipinski definition) is 0. The highest BCUT2D eigenvalue weighted by Crippen LogP contribution is 2.27. The summed E-state index contributed by atoms with van der Waals surface area (Å²) < 4.78 is 44.4. The van der Waals surface area contributed by atoms with Gasteiger partial charge in [0.2, 0.25) is 0 Å². The molecule has 0 spiro atoms. The van der Waals surface area contributed by atoms with Crippen molar-refractivity contribution < 1.29 is 17.9 Å². The van der Waals surface area contributed by atoms with Crippen LogP contribution in [0.3, 0.4) is 0 Å². The van der Waals surface area contributed by atoms with Gasteiger partial charge >= 0.3 is 0 Å². The first-order chi connectivity index (χ1) is 8.60. The molecule has 0 saturated heterocycles. The molecule has 0 fully saturated rings. The summed E-state index contributed by atoms with van der Waals surface area (Å²) in [5.41, 5.74) is 0.124. The van der Waals surface area contributed by atoms with Gasteiger partial charge in [-0.25, -0.2) is 13.2 Å². The van der Waals surface area contributed by atoms with Gasteiger partial charge in [0.05, 0.1) is 11.6 Å². The van der Waals surface area contributed by atoms with E-state index in [1.165, 1.54) is 12.1 Å². The van der Waals surface area contributed by atoms with Crippen LogP contribution in [-0.4, -0.2) is 0 Å². The van der Waals surface area contributed by atoms with E-state index < -0.39 is 17.5 Å². The van der Waals surface area contributed by atoms with Gasteiger partial charge in [0, 0.05) is 6.07 Å². The Hall–Kier alpha value is -2.48. The highest BCUT2D eigenvalue weighted by molar-refractivity contribution is 5.39. The van der Waals surface area contributed by atoms with Crippen LogP contribution in [0.4, 0.5) is 13.2 Å². The molecule has 2 nitrogen and oxygen atoms in total. The highest BCUT2D eigenvalue weighted by Gasteiger charge is 2.10. The lowest BCUT2D eigenvalue weighted by atomic mass is 10.2. The Kier molecular flexibility index (Phi) is 3.20. The van der Waals surface area contributed by atoms with Crippen molar-refractivity contribution in [2.45, 2.75) is 0 Å². The molecule has 5 heteroatoms. The van der Waals surface area contributed by atoms with E-state index in [0.29, 0.717) is 6.07 Å². The molecule has 0 bridgehead atoms. The molecule has 0 saturated carbocycles. The molecule has 2 aromatic carbocycles. The molecule has 2 aromatic rings. The van der Waals surface area contributed by atoms with Crippen LogP contribution >= 0.6 is 0 Å². The van der Waals surface area contributed by atoms with Gasteiger partial charge in [-0.3, -0.25) is 0 Å². The lowest BCUT2D eigenvalue weighted by Crippen LogP contribution is -1.92. The molecule has 0 N–H and O–H groups in total. The molecule has 0 heterocycles. The third kappa shape index (κ3) is 2.43. The average Bonchev–Trinajstić information content (AvgIpc) is 2.34. The Balaban J connectivity index is 2.32. The molecule has 0 atom stereocenters. The monoisotopic (exact) mass is 249 g/mol. The number of rotatable bonds is 2. The summed E-state index contributed by atoms with van der Waals surface area (Å²) in [6, 6.07) is 7.96. The van der Waals surface area contributed by atoms with Crippen LogP contribution in [0, 0.1) is 28.8 Å². The second kappa shape index (κ2) is 4.80. The fourth-order valence-corrected chi connectivity index (χ4v) is 1.33. The maximum Gasteiger partial charge on any atom is 0.168 e. The van der Waals surface area contributed by atoms with E-state index in [4.69, 9.17) is 10.00 Å². The number of nitriles is 1. The van der Waals surface area contributed by atoms with Crippen molar-refractivity contribution in [1.29, 1.82) is 5.26 Å². The molecule has 0 aliphatic heterocycles. The van der Waals surface area contributed by atoms with Crippen LogP contribution in [0.1, 0.15) is 5.56 Å². The zero-order valence-electron chi connectivity index (χ0n) is 8.95. The first-order valence-corrected chi connectivity index (χ1v) is 4.92. The smallest absolute Gasteiger partial charge is 0.168 e. The molecule has 0 radical (unpaired) electrons. The summed E-state index contributed by atoms with van der Waals surface area (Å²) >= 11 is 0. The van der Waals surface area contributed by atoms with Gasteiger partial charge in [-0.15, -0.1) is 0 Å². The molecular weight excluding hydrogens is 243 g/mol. The summed E-state index contributed by atoms with van der Waals surface area (Å²) in [6.07, 6.45) is 0. The molecule has 0 unspecified atom stereocenters. The Bertz CT molecular complexity index is 635. The third-order valence-electron chi connectivity index (χ3n) is 2.17. The van der Waals surface area contributed by atoms with E-state index in [-0.39, 0.29) is 17.1 Å². The highest BCUT2D eigenvalue weighted by atomic mass is 19.1. The number of ether oxygens (including phenoxy) is 1. The minimum absolute atomic E-state index is 0.124. The number of nitrogens with zero attached hydrogens (tertiary/aromatic N) is 1. The second-order valence-corrected chi connectivity index (χ2v) is 3.43. The van der Waals surface area contributed by atoms with E-state index in [9.17, 15) is 13.2 Å². The van der Waals surface area contributed by atoms with Crippen molar-refractivity contribution in [3.63, 3.8) is 0 Å². The second-order valence-electron chi connectivity index (χ2n) is 3.43. The van der Waals surface area contributed by atoms with Crippen molar-refractivity contribution in [2.24, 2.45) is 0 Å². The summed E-state index contributed by atoms with van der Waals surface area (Å²) in [5, 5.41) is 8.56. The fraction of sp³-hybridized carbons (Fsp3) is 0. The zero-order valence-corrected chi connectivity index (χ0v) is 8.95. The van der Waals surface area contributed by atoms with E-state index in [1.54, 1.807) is 6.07 Å². The maximum atomic E-state index is 13.5. The van der Waals surface area contributed by atoms with E-state index >= 15 is 0 Å². The van der Waals surface area contributed by atoms with Gasteiger partial charge in [0.25, 0.3) is 0 Å². The van der Waals surface area contributed by atoms with E-state index in [0.717, 1.165) is 18.2 Å². The zero-order chi connectivity index (χ0) is 13.1. The van der Waals surface area contributed by atoms with Crippen molar-refractivity contribution >= 4 is 0 Å². The van der Waals surface area contributed by atoms with Gasteiger partial charge in [-0.1, -0.05) is 0 Å². The van der Waals surface area contributed by atoms with Gasteiger partial charge in [0.15, 0.2) is 23.1 Å². The number of halogens is 3. The molecular formula is C13H6F3NO. The van der Waals surface area contributed by atoms with Crippen LogP contribution in [0.2, 0.25) is 0 Å². The molecule has 0 aromatic heterocycles. The van der Waals surface area contributed by atoms with Crippen molar-refractivity contribution in [3.8, 4) is 17.6 Å². The summed E-state index contributed by atoms with van der Waals surface area (Å²) in [4.78, 5) is 0. The van der Waals surface area contributed by atoms with Crippen LogP contribution in [-0.2, 0) is 0 Å². The average molecular weight is 249 g/mol. The first-order valence-electron chi connectivity index (χ1n) is 4.92. The van der Waals surface area contributed by atoms with Crippen molar-refractivity contribution in [1.82, 2.24) is 0 Å². The van der Waals surface area contributed by atoms with Gasteiger partial charge in [-0.2, -0.15) is 5.26 Å². The Morgan fingerprint density at radius 1 is 0.889 bits per heavy atom. The molecule has 90 valence electrons. The molecule has 0 aliphatic rings. The maximum absolute atomic E-state index is 13.5. The van der Waals surface area contributed by atoms with E-state index in [1.807, 2.05) is 0 Å². The summed E-state index contributed by atoms with van der Waals surface area (Å²) in [7, 11) is 0. The van der Waals surface area contributed by atoms with Crippen LogP contribution < -0.4 is 4.74 Å². The van der Waals surface area contributed by atoms with Crippen LogP contribution in [0.15, 0.2) is 36.4 Å². The Morgan fingerprint density at radius 3 is 2.06 bits per heavy atom. The van der Waals surface area contributed by atoms with Crippen molar-refractivity contribution in [3.05, 3.63) is 59.4 Å². The van der Waals surface area contributed by atoms with Crippen LogP contribution in [0.25, 0.3) is 0 Å². The lowest BCUT2D eigenvalue weighted by molar-refractivity contribution is 0.411. The van der Waals surface area contributed by atoms with Crippen LogP contribution in [0.5, 0.6) is 11.5 Å². The topological polar surface area (TPSA) is 33.0 Å².